The van der Waals surface area contributed by atoms with Crippen molar-refractivity contribution in [2.24, 2.45) is 12.8 Å². The van der Waals surface area contributed by atoms with Gasteiger partial charge in [0, 0.05) is 30.2 Å². The first-order chi connectivity index (χ1) is 6.65. The van der Waals surface area contributed by atoms with Gasteiger partial charge in [-0.15, -0.1) is 0 Å². The Kier molecular flexibility index (Phi) is 2.04. The van der Waals surface area contributed by atoms with Gasteiger partial charge in [-0.25, -0.2) is 4.39 Å². The molecule has 1 aromatic carbocycles. The van der Waals surface area contributed by atoms with Crippen LogP contribution < -0.4 is 5.73 Å². The molecule has 0 aliphatic carbocycles. The van der Waals surface area contributed by atoms with Crippen molar-refractivity contribution in [3.05, 3.63) is 35.3 Å². The molecule has 0 unspecified atom stereocenters. The maximum atomic E-state index is 13.0. The Morgan fingerprint density at radius 3 is 2.79 bits per heavy atom. The lowest BCUT2D eigenvalue weighted by molar-refractivity contribution is 0.629. The molecule has 1 heterocycles. The fourth-order valence-electron chi connectivity index (χ4n) is 1.88. The SMILES string of the molecule is Cc1c(CN)c2cc(F)ccc2n1C. The summed E-state index contributed by atoms with van der Waals surface area (Å²) in [5.41, 5.74) is 8.81. The number of benzene rings is 1. The molecule has 74 valence electrons. The molecule has 0 amide bonds. The van der Waals surface area contributed by atoms with Crippen LogP contribution in [-0.2, 0) is 13.6 Å². The summed E-state index contributed by atoms with van der Waals surface area (Å²) in [7, 11) is 1.97. The third kappa shape index (κ3) is 1.13. The molecule has 0 spiro atoms. The lowest BCUT2D eigenvalue weighted by atomic mass is 10.1. The molecule has 0 saturated carbocycles. The van der Waals surface area contributed by atoms with Crippen LogP contribution in [0.1, 0.15) is 11.3 Å². The first kappa shape index (κ1) is 9.21. The van der Waals surface area contributed by atoms with E-state index in [1.54, 1.807) is 12.1 Å². The minimum atomic E-state index is -0.210. The molecule has 0 aliphatic heterocycles. The average Bonchev–Trinajstić information content (AvgIpc) is 2.39. The van der Waals surface area contributed by atoms with Gasteiger partial charge in [0.25, 0.3) is 0 Å². The van der Waals surface area contributed by atoms with Gasteiger partial charge >= 0.3 is 0 Å². The van der Waals surface area contributed by atoms with E-state index in [0.717, 1.165) is 22.2 Å². The van der Waals surface area contributed by atoms with Crippen molar-refractivity contribution in [2.45, 2.75) is 13.5 Å². The van der Waals surface area contributed by atoms with Crippen molar-refractivity contribution in [2.75, 3.05) is 0 Å². The van der Waals surface area contributed by atoms with Crippen molar-refractivity contribution in [1.29, 1.82) is 0 Å². The van der Waals surface area contributed by atoms with E-state index in [2.05, 4.69) is 0 Å². The third-order valence-corrected chi connectivity index (χ3v) is 2.79. The Morgan fingerprint density at radius 2 is 2.14 bits per heavy atom. The third-order valence-electron chi connectivity index (χ3n) is 2.79. The van der Waals surface area contributed by atoms with E-state index >= 15 is 0 Å². The molecule has 1 aromatic heterocycles. The Morgan fingerprint density at radius 1 is 1.43 bits per heavy atom. The van der Waals surface area contributed by atoms with Gasteiger partial charge in [0.05, 0.1) is 0 Å². The van der Waals surface area contributed by atoms with E-state index in [1.807, 2.05) is 18.5 Å². The van der Waals surface area contributed by atoms with Crippen LogP contribution in [0.2, 0.25) is 0 Å². The number of nitrogens with two attached hydrogens (primary N) is 1. The maximum Gasteiger partial charge on any atom is 0.123 e. The summed E-state index contributed by atoms with van der Waals surface area (Å²) in [5.74, 6) is -0.210. The Bertz CT molecular complexity index is 485. The highest BCUT2D eigenvalue weighted by atomic mass is 19.1. The summed E-state index contributed by atoms with van der Waals surface area (Å²) >= 11 is 0. The standard InChI is InChI=1S/C11H13FN2/c1-7-10(6-13)9-5-8(12)3-4-11(9)14(7)2/h3-5H,6,13H2,1-2H3. The van der Waals surface area contributed by atoms with Crippen molar-refractivity contribution in [1.82, 2.24) is 4.57 Å². The molecule has 2 rings (SSSR count). The molecule has 0 atom stereocenters. The molecule has 0 aliphatic rings. The number of rotatable bonds is 1. The number of aromatic nitrogens is 1. The maximum absolute atomic E-state index is 13.0. The van der Waals surface area contributed by atoms with Gasteiger partial charge in [0.2, 0.25) is 0 Å². The summed E-state index contributed by atoms with van der Waals surface area (Å²) < 4.78 is 15.1. The fourth-order valence-corrected chi connectivity index (χ4v) is 1.88. The molecule has 2 nitrogen and oxygen atoms in total. The van der Waals surface area contributed by atoms with E-state index in [0.29, 0.717) is 6.54 Å². The van der Waals surface area contributed by atoms with Crippen molar-refractivity contribution in [3.8, 4) is 0 Å². The molecular formula is C11H13FN2. The Hall–Kier alpha value is -1.35. The number of aryl methyl sites for hydroxylation is 1. The number of hydrogen-bond acceptors (Lipinski definition) is 1. The molecule has 14 heavy (non-hydrogen) atoms. The summed E-state index contributed by atoms with van der Waals surface area (Å²) in [6.45, 7) is 2.45. The molecular weight excluding hydrogens is 179 g/mol. The first-order valence-corrected chi connectivity index (χ1v) is 4.58. The smallest absolute Gasteiger partial charge is 0.123 e. The average molecular weight is 192 g/mol. The number of halogens is 1. The lowest BCUT2D eigenvalue weighted by Crippen LogP contribution is -1.98. The molecule has 0 saturated heterocycles. The van der Waals surface area contributed by atoms with Crippen molar-refractivity contribution >= 4 is 10.9 Å². The van der Waals surface area contributed by atoms with Crippen LogP contribution in [0, 0.1) is 12.7 Å². The van der Waals surface area contributed by atoms with E-state index in [-0.39, 0.29) is 5.82 Å². The quantitative estimate of drug-likeness (QED) is 0.736. The van der Waals surface area contributed by atoms with Gasteiger partial charge in [-0.3, -0.25) is 0 Å². The number of fused-ring (bicyclic) bond motifs is 1. The molecule has 2 N–H and O–H groups in total. The van der Waals surface area contributed by atoms with Crippen LogP contribution in [0.5, 0.6) is 0 Å². The van der Waals surface area contributed by atoms with E-state index < -0.39 is 0 Å². The van der Waals surface area contributed by atoms with Crippen LogP contribution in [-0.4, -0.2) is 4.57 Å². The minimum absolute atomic E-state index is 0.210. The highest BCUT2D eigenvalue weighted by Gasteiger charge is 2.10. The van der Waals surface area contributed by atoms with E-state index in [1.165, 1.54) is 6.07 Å². The first-order valence-electron chi connectivity index (χ1n) is 4.58. The topological polar surface area (TPSA) is 30.9 Å². The van der Waals surface area contributed by atoms with Gasteiger partial charge in [-0.05, 0) is 30.7 Å². The zero-order chi connectivity index (χ0) is 10.3. The zero-order valence-corrected chi connectivity index (χ0v) is 8.34. The summed E-state index contributed by atoms with van der Waals surface area (Å²) in [6, 6.07) is 4.81. The van der Waals surface area contributed by atoms with Gasteiger partial charge in [-0.2, -0.15) is 0 Å². The second kappa shape index (κ2) is 3.10. The summed E-state index contributed by atoms with van der Waals surface area (Å²) in [4.78, 5) is 0. The predicted octanol–water partition coefficient (Wildman–Crippen LogP) is 2.08. The highest BCUT2D eigenvalue weighted by Crippen LogP contribution is 2.24. The van der Waals surface area contributed by atoms with Crippen LogP contribution in [0.15, 0.2) is 18.2 Å². The van der Waals surface area contributed by atoms with E-state index in [9.17, 15) is 4.39 Å². The molecule has 2 aromatic rings. The monoisotopic (exact) mass is 192 g/mol. The highest BCUT2D eigenvalue weighted by molar-refractivity contribution is 5.85. The second-order valence-electron chi connectivity index (χ2n) is 3.49. The Labute approximate surface area is 82.1 Å². The molecule has 0 bridgehead atoms. The molecule has 0 fully saturated rings. The largest absolute Gasteiger partial charge is 0.348 e. The molecule has 0 radical (unpaired) electrons. The normalized spacial score (nSPS) is 11.1. The molecule has 3 heteroatoms. The predicted molar refractivity (Wildman–Crippen MR) is 55.5 cm³/mol. The van der Waals surface area contributed by atoms with Crippen molar-refractivity contribution in [3.63, 3.8) is 0 Å². The van der Waals surface area contributed by atoms with Gasteiger partial charge in [-0.1, -0.05) is 0 Å². The van der Waals surface area contributed by atoms with Crippen molar-refractivity contribution < 1.29 is 4.39 Å². The van der Waals surface area contributed by atoms with Crippen LogP contribution >= 0.6 is 0 Å². The van der Waals surface area contributed by atoms with Crippen LogP contribution in [0.25, 0.3) is 10.9 Å². The summed E-state index contributed by atoms with van der Waals surface area (Å²) in [6.07, 6.45) is 0. The zero-order valence-electron chi connectivity index (χ0n) is 8.34. The van der Waals surface area contributed by atoms with Gasteiger partial charge < -0.3 is 10.3 Å². The fraction of sp³-hybridized carbons (Fsp3) is 0.273. The lowest BCUT2D eigenvalue weighted by Gasteiger charge is -1.98. The minimum Gasteiger partial charge on any atom is -0.348 e. The van der Waals surface area contributed by atoms with Crippen LogP contribution in [0.4, 0.5) is 4.39 Å². The summed E-state index contributed by atoms with van der Waals surface area (Å²) in [5, 5.41) is 0.924. The number of hydrogen-bond donors (Lipinski definition) is 1. The second-order valence-corrected chi connectivity index (χ2v) is 3.49. The van der Waals surface area contributed by atoms with E-state index in [4.69, 9.17) is 5.73 Å². The van der Waals surface area contributed by atoms with Gasteiger partial charge in [0.15, 0.2) is 0 Å². The Balaban J connectivity index is 2.89. The van der Waals surface area contributed by atoms with Gasteiger partial charge in [0.1, 0.15) is 5.82 Å². The number of nitrogens with zero attached hydrogens (tertiary/aromatic N) is 1. The van der Waals surface area contributed by atoms with Crippen LogP contribution in [0.3, 0.4) is 0 Å².